The highest BCUT2D eigenvalue weighted by Crippen LogP contribution is 2.30. The van der Waals surface area contributed by atoms with E-state index in [9.17, 15) is 13.2 Å². The van der Waals surface area contributed by atoms with Gasteiger partial charge in [0.2, 0.25) is 9.84 Å². The van der Waals surface area contributed by atoms with Crippen LogP contribution >= 0.6 is 27.5 Å². The number of amides is 1. The number of hydrogen-bond acceptors (Lipinski definition) is 5. The second-order valence-corrected chi connectivity index (χ2v) is 9.36. The molecular formula is C19H17BrClN3O4S. The van der Waals surface area contributed by atoms with Crippen molar-refractivity contribution < 1.29 is 17.9 Å². The molecule has 1 aromatic heterocycles. The summed E-state index contributed by atoms with van der Waals surface area (Å²) in [7, 11) is -0.705. The molecule has 0 aliphatic rings. The molecule has 2 aromatic carbocycles. The molecule has 0 spiro atoms. The zero-order valence-electron chi connectivity index (χ0n) is 15.7. The van der Waals surface area contributed by atoms with Crippen molar-refractivity contribution in [2.45, 2.75) is 16.7 Å². The smallest absolute Gasteiger partial charge is 0.277 e. The zero-order valence-corrected chi connectivity index (χ0v) is 18.9. The van der Waals surface area contributed by atoms with Gasteiger partial charge in [-0.25, -0.2) is 8.42 Å². The number of nitrogens with one attached hydrogen (secondary N) is 1. The molecule has 152 valence electrons. The summed E-state index contributed by atoms with van der Waals surface area (Å²) in [6.45, 7) is 1.82. The second kappa shape index (κ2) is 8.17. The Labute approximate surface area is 181 Å². The Morgan fingerprint density at radius 3 is 2.38 bits per heavy atom. The van der Waals surface area contributed by atoms with Gasteiger partial charge in [0.1, 0.15) is 5.75 Å². The number of ether oxygens (including phenoxy) is 1. The van der Waals surface area contributed by atoms with Crippen LogP contribution in [0.3, 0.4) is 0 Å². The number of rotatable bonds is 5. The number of sulfone groups is 1. The molecule has 3 aromatic rings. The van der Waals surface area contributed by atoms with Crippen LogP contribution in [0.15, 0.2) is 56.7 Å². The maximum Gasteiger partial charge on any atom is 0.277 e. The third kappa shape index (κ3) is 4.31. The minimum absolute atomic E-state index is 0.0225. The van der Waals surface area contributed by atoms with Gasteiger partial charge in [0.25, 0.3) is 5.91 Å². The third-order valence-electron chi connectivity index (χ3n) is 4.28. The first-order chi connectivity index (χ1) is 13.6. The highest BCUT2D eigenvalue weighted by Gasteiger charge is 2.22. The lowest BCUT2D eigenvalue weighted by atomic mass is 10.2. The number of methoxy groups -OCH3 is 1. The first kappa shape index (κ1) is 21.4. The molecule has 0 radical (unpaired) electrons. The molecule has 3 rings (SSSR count). The van der Waals surface area contributed by atoms with Crippen LogP contribution in [-0.4, -0.2) is 31.2 Å². The molecule has 1 heterocycles. The monoisotopic (exact) mass is 497 g/mol. The summed E-state index contributed by atoms with van der Waals surface area (Å²) in [5, 5.41) is 7.28. The Morgan fingerprint density at radius 2 is 1.83 bits per heavy atom. The normalized spacial score (nSPS) is 11.3. The van der Waals surface area contributed by atoms with Crippen molar-refractivity contribution in [3.05, 3.63) is 63.3 Å². The lowest BCUT2D eigenvalue weighted by Crippen LogP contribution is -2.14. The summed E-state index contributed by atoms with van der Waals surface area (Å²) in [4.78, 5) is 12.7. The number of aryl methyl sites for hydroxylation is 1. The molecular weight excluding hydrogens is 482 g/mol. The number of carbonyl (C=O) groups is 1. The number of carbonyl (C=O) groups excluding carboxylic acids is 1. The van der Waals surface area contributed by atoms with Crippen molar-refractivity contribution in [1.29, 1.82) is 0 Å². The van der Waals surface area contributed by atoms with Crippen LogP contribution in [0.4, 0.5) is 5.69 Å². The van der Waals surface area contributed by atoms with Gasteiger partial charge in [0, 0.05) is 23.8 Å². The molecule has 0 aliphatic heterocycles. The fraction of sp³-hybridized carbons (Fsp3) is 0.158. The van der Waals surface area contributed by atoms with Crippen LogP contribution in [0.5, 0.6) is 5.75 Å². The van der Waals surface area contributed by atoms with Crippen molar-refractivity contribution in [3.63, 3.8) is 0 Å². The second-order valence-electron chi connectivity index (χ2n) is 6.18. The molecule has 0 bridgehead atoms. The van der Waals surface area contributed by atoms with Gasteiger partial charge in [-0.3, -0.25) is 9.48 Å². The van der Waals surface area contributed by atoms with Crippen LogP contribution in [0.1, 0.15) is 16.2 Å². The van der Waals surface area contributed by atoms with E-state index in [0.29, 0.717) is 9.50 Å². The molecule has 10 heteroatoms. The Hall–Kier alpha value is -2.36. The van der Waals surface area contributed by atoms with Crippen molar-refractivity contribution in [3.8, 4) is 5.75 Å². The zero-order chi connectivity index (χ0) is 21.3. The predicted octanol–water partition coefficient (Wildman–Crippen LogP) is 4.24. The minimum atomic E-state index is -3.84. The molecule has 0 saturated carbocycles. The fourth-order valence-electron chi connectivity index (χ4n) is 2.58. The fourth-order valence-corrected chi connectivity index (χ4v) is 4.55. The number of nitrogens with zero attached hydrogens (tertiary/aromatic N) is 2. The maximum atomic E-state index is 13.0. The summed E-state index contributed by atoms with van der Waals surface area (Å²) >= 11 is 9.20. The molecule has 1 N–H and O–H groups in total. The standard InChI is InChI=1S/C19H17BrClN3O4S/c1-11-17(20)18(23-24(11)2)19(25)22-13-8-14(28-3)10-16(9-13)29(26,27)15-6-4-12(21)5-7-15/h4-10H,1-3H3,(H,22,25). The highest BCUT2D eigenvalue weighted by atomic mass is 79.9. The minimum Gasteiger partial charge on any atom is -0.497 e. The highest BCUT2D eigenvalue weighted by molar-refractivity contribution is 9.10. The summed E-state index contributed by atoms with van der Waals surface area (Å²) in [5.41, 5.74) is 1.24. The first-order valence-electron chi connectivity index (χ1n) is 8.33. The number of hydrogen-bond donors (Lipinski definition) is 1. The van der Waals surface area contributed by atoms with E-state index in [1.54, 1.807) is 11.7 Å². The number of anilines is 1. The average Bonchev–Trinajstić information content (AvgIpc) is 2.95. The quantitative estimate of drug-likeness (QED) is 0.568. The molecule has 0 saturated heterocycles. The van der Waals surface area contributed by atoms with E-state index in [4.69, 9.17) is 16.3 Å². The number of halogens is 2. The van der Waals surface area contributed by atoms with Crippen LogP contribution in [0, 0.1) is 6.92 Å². The molecule has 0 aliphatic carbocycles. The number of benzene rings is 2. The predicted molar refractivity (Wildman–Crippen MR) is 113 cm³/mol. The van der Waals surface area contributed by atoms with E-state index in [-0.39, 0.29) is 26.9 Å². The lowest BCUT2D eigenvalue weighted by Gasteiger charge is -2.11. The van der Waals surface area contributed by atoms with E-state index >= 15 is 0 Å². The van der Waals surface area contributed by atoms with Crippen LogP contribution in [0.25, 0.3) is 0 Å². The van der Waals surface area contributed by atoms with Gasteiger partial charge >= 0.3 is 0 Å². The summed E-state index contributed by atoms with van der Waals surface area (Å²) < 4.78 is 33.3. The summed E-state index contributed by atoms with van der Waals surface area (Å²) in [6.07, 6.45) is 0. The average molecular weight is 499 g/mol. The van der Waals surface area contributed by atoms with Crippen LogP contribution < -0.4 is 10.1 Å². The maximum absolute atomic E-state index is 13.0. The van der Waals surface area contributed by atoms with Crippen LogP contribution in [-0.2, 0) is 16.9 Å². The molecule has 29 heavy (non-hydrogen) atoms. The van der Waals surface area contributed by atoms with Gasteiger partial charge in [-0.15, -0.1) is 0 Å². The molecule has 7 nitrogen and oxygen atoms in total. The van der Waals surface area contributed by atoms with Gasteiger partial charge in [0.15, 0.2) is 5.69 Å². The lowest BCUT2D eigenvalue weighted by molar-refractivity contribution is 0.102. The number of aromatic nitrogens is 2. The Kier molecular flexibility index (Phi) is 6.02. The van der Waals surface area contributed by atoms with E-state index in [0.717, 1.165) is 5.69 Å². The Balaban J connectivity index is 2.00. The Morgan fingerprint density at radius 1 is 1.17 bits per heavy atom. The first-order valence-corrected chi connectivity index (χ1v) is 11.0. The summed E-state index contributed by atoms with van der Waals surface area (Å²) in [5.74, 6) is -0.199. The van der Waals surface area contributed by atoms with Crippen LogP contribution in [0.2, 0.25) is 5.02 Å². The molecule has 0 atom stereocenters. The van der Waals surface area contributed by atoms with E-state index < -0.39 is 15.7 Å². The topological polar surface area (TPSA) is 90.3 Å². The van der Waals surface area contributed by atoms with E-state index in [2.05, 4.69) is 26.3 Å². The van der Waals surface area contributed by atoms with Gasteiger partial charge in [0.05, 0.1) is 27.1 Å². The van der Waals surface area contributed by atoms with E-state index in [1.807, 2.05) is 6.92 Å². The van der Waals surface area contributed by atoms with Gasteiger partial charge in [-0.05, 0) is 59.3 Å². The van der Waals surface area contributed by atoms with Gasteiger partial charge in [-0.1, -0.05) is 11.6 Å². The molecule has 0 unspecified atom stereocenters. The molecule has 0 fully saturated rings. The van der Waals surface area contributed by atoms with Gasteiger partial charge < -0.3 is 10.1 Å². The van der Waals surface area contributed by atoms with Crippen molar-refractivity contribution >= 4 is 49.0 Å². The van der Waals surface area contributed by atoms with Crippen molar-refractivity contribution in [2.75, 3.05) is 12.4 Å². The van der Waals surface area contributed by atoms with Crippen molar-refractivity contribution in [2.24, 2.45) is 7.05 Å². The third-order valence-corrected chi connectivity index (χ3v) is 7.23. The van der Waals surface area contributed by atoms with Gasteiger partial charge in [-0.2, -0.15) is 5.10 Å². The largest absolute Gasteiger partial charge is 0.497 e. The van der Waals surface area contributed by atoms with E-state index in [1.165, 1.54) is 49.6 Å². The van der Waals surface area contributed by atoms with Crippen molar-refractivity contribution in [1.82, 2.24) is 9.78 Å². The SMILES string of the molecule is COc1cc(NC(=O)c2nn(C)c(C)c2Br)cc(S(=O)(=O)c2ccc(Cl)cc2)c1. The Bertz CT molecular complexity index is 1190. The summed E-state index contributed by atoms with van der Waals surface area (Å²) in [6, 6.07) is 10.1. The molecule has 1 amide bonds.